The predicted octanol–water partition coefficient (Wildman–Crippen LogP) is 2.00. The fourth-order valence-electron chi connectivity index (χ4n) is 1.65. The van der Waals surface area contributed by atoms with E-state index in [1.807, 2.05) is 0 Å². The molecule has 0 amide bonds. The summed E-state index contributed by atoms with van der Waals surface area (Å²) in [6.45, 7) is 0.210. The highest BCUT2D eigenvalue weighted by Gasteiger charge is 2.10. The lowest BCUT2D eigenvalue weighted by Gasteiger charge is -2.10. The van der Waals surface area contributed by atoms with Crippen LogP contribution >= 0.6 is 0 Å². The van der Waals surface area contributed by atoms with Gasteiger partial charge in [-0.2, -0.15) is 0 Å². The van der Waals surface area contributed by atoms with Crippen LogP contribution in [0.3, 0.4) is 0 Å². The predicted molar refractivity (Wildman–Crippen MR) is 65.9 cm³/mol. The molecule has 0 aliphatic carbocycles. The first-order valence-corrected chi connectivity index (χ1v) is 5.65. The Morgan fingerprint density at radius 3 is 2.74 bits per heavy atom. The van der Waals surface area contributed by atoms with Crippen LogP contribution < -0.4 is 0 Å². The van der Waals surface area contributed by atoms with Gasteiger partial charge >= 0.3 is 5.97 Å². The van der Waals surface area contributed by atoms with Crippen molar-refractivity contribution in [1.82, 2.24) is 9.88 Å². The van der Waals surface area contributed by atoms with Crippen LogP contribution in [0.2, 0.25) is 0 Å². The molecule has 5 nitrogen and oxygen atoms in total. The first-order valence-electron chi connectivity index (χ1n) is 5.65. The van der Waals surface area contributed by atoms with Crippen molar-refractivity contribution in [2.75, 3.05) is 13.6 Å². The normalized spacial score (nSPS) is 10.9. The third-order valence-corrected chi connectivity index (χ3v) is 2.49. The summed E-state index contributed by atoms with van der Waals surface area (Å²) in [4.78, 5) is 16.2. The van der Waals surface area contributed by atoms with Crippen molar-refractivity contribution in [3.05, 3.63) is 42.2 Å². The van der Waals surface area contributed by atoms with E-state index >= 15 is 0 Å². The van der Waals surface area contributed by atoms with Crippen LogP contribution in [-0.2, 0) is 11.3 Å². The Hall–Kier alpha value is -2.21. The Balaban J connectivity index is 2.06. The minimum Gasteiger partial charge on any atom is -0.480 e. The topological polar surface area (TPSA) is 66.6 Å². The van der Waals surface area contributed by atoms with Crippen molar-refractivity contribution in [3.8, 4) is 11.3 Å². The Kier molecular flexibility index (Phi) is 3.91. The van der Waals surface area contributed by atoms with Crippen LogP contribution in [0.25, 0.3) is 11.3 Å². The van der Waals surface area contributed by atoms with Gasteiger partial charge in [0, 0.05) is 5.56 Å². The number of benzene rings is 1. The second kappa shape index (κ2) is 5.62. The van der Waals surface area contributed by atoms with Crippen molar-refractivity contribution < 1.29 is 18.7 Å². The minimum atomic E-state index is -0.909. The van der Waals surface area contributed by atoms with Crippen molar-refractivity contribution in [1.29, 1.82) is 0 Å². The van der Waals surface area contributed by atoms with Gasteiger partial charge in [0.05, 0.1) is 19.3 Å². The van der Waals surface area contributed by atoms with Crippen LogP contribution in [0.4, 0.5) is 4.39 Å². The molecule has 0 spiro atoms. The number of nitrogens with zero attached hydrogens (tertiary/aromatic N) is 2. The maximum Gasteiger partial charge on any atom is 0.317 e. The van der Waals surface area contributed by atoms with E-state index in [1.165, 1.54) is 18.3 Å². The molecule has 1 aromatic carbocycles. The Morgan fingerprint density at radius 1 is 1.42 bits per heavy atom. The van der Waals surface area contributed by atoms with Crippen LogP contribution in [0.15, 0.2) is 34.9 Å². The van der Waals surface area contributed by atoms with E-state index in [0.717, 1.165) is 5.56 Å². The van der Waals surface area contributed by atoms with Gasteiger partial charge in [-0.05, 0) is 31.3 Å². The average Bonchev–Trinajstić information content (AvgIpc) is 2.77. The first-order chi connectivity index (χ1) is 9.04. The Labute approximate surface area is 109 Å². The lowest BCUT2D eigenvalue weighted by atomic mass is 10.2. The summed E-state index contributed by atoms with van der Waals surface area (Å²) in [5.74, 6) is -0.278. The molecule has 2 rings (SSSR count). The Morgan fingerprint density at radius 2 is 2.11 bits per heavy atom. The van der Waals surface area contributed by atoms with E-state index < -0.39 is 5.97 Å². The molecule has 0 fully saturated rings. The molecule has 100 valence electrons. The van der Waals surface area contributed by atoms with Gasteiger partial charge in [-0.15, -0.1) is 0 Å². The van der Waals surface area contributed by atoms with Crippen molar-refractivity contribution in [3.63, 3.8) is 0 Å². The molecule has 19 heavy (non-hydrogen) atoms. The smallest absolute Gasteiger partial charge is 0.317 e. The quantitative estimate of drug-likeness (QED) is 0.894. The summed E-state index contributed by atoms with van der Waals surface area (Å²) in [6.07, 6.45) is 1.54. The van der Waals surface area contributed by atoms with E-state index in [-0.39, 0.29) is 12.4 Å². The molecular formula is C13H13FN2O3. The Bertz CT molecular complexity index is 566. The first kappa shape index (κ1) is 13.2. The fraction of sp³-hybridized carbons (Fsp3) is 0.231. The molecule has 0 unspecified atom stereocenters. The number of carbonyl (C=O) groups is 1. The standard InChI is InChI=1S/C13H13FN2O3/c1-16(8-13(17)18)7-12-15-6-11(19-12)9-2-4-10(14)5-3-9/h2-6H,7-8H2,1H3,(H,17,18). The van der Waals surface area contributed by atoms with Crippen LogP contribution in [0.1, 0.15) is 5.89 Å². The maximum absolute atomic E-state index is 12.8. The van der Waals surface area contributed by atoms with E-state index in [4.69, 9.17) is 9.52 Å². The summed E-state index contributed by atoms with van der Waals surface area (Å²) >= 11 is 0. The number of hydrogen-bond acceptors (Lipinski definition) is 4. The largest absolute Gasteiger partial charge is 0.480 e. The molecule has 0 saturated heterocycles. The third-order valence-electron chi connectivity index (χ3n) is 2.49. The van der Waals surface area contributed by atoms with Gasteiger partial charge in [-0.1, -0.05) is 0 Å². The second-order valence-electron chi connectivity index (χ2n) is 4.19. The molecule has 6 heteroatoms. The third kappa shape index (κ3) is 3.62. The SMILES string of the molecule is CN(CC(=O)O)Cc1ncc(-c2ccc(F)cc2)o1. The molecule has 0 saturated carbocycles. The van der Waals surface area contributed by atoms with Crippen LogP contribution in [0, 0.1) is 5.82 Å². The minimum absolute atomic E-state index is 0.0890. The molecule has 1 heterocycles. The van der Waals surface area contributed by atoms with E-state index in [9.17, 15) is 9.18 Å². The number of hydrogen-bond donors (Lipinski definition) is 1. The highest BCUT2D eigenvalue weighted by Crippen LogP contribution is 2.20. The van der Waals surface area contributed by atoms with E-state index in [1.54, 1.807) is 24.1 Å². The van der Waals surface area contributed by atoms with E-state index in [0.29, 0.717) is 18.2 Å². The highest BCUT2D eigenvalue weighted by atomic mass is 19.1. The number of rotatable bonds is 5. The van der Waals surface area contributed by atoms with Gasteiger partial charge in [0.2, 0.25) is 5.89 Å². The summed E-state index contributed by atoms with van der Waals surface area (Å²) in [5.41, 5.74) is 0.723. The average molecular weight is 264 g/mol. The molecule has 0 radical (unpaired) electrons. The zero-order chi connectivity index (χ0) is 13.8. The molecule has 0 aliphatic heterocycles. The fourth-order valence-corrected chi connectivity index (χ4v) is 1.65. The number of halogens is 1. The monoisotopic (exact) mass is 264 g/mol. The van der Waals surface area contributed by atoms with E-state index in [2.05, 4.69) is 4.98 Å². The summed E-state index contributed by atoms with van der Waals surface area (Å²) < 4.78 is 18.3. The lowest BCUT2D eigenvalue weighted by Crippen LogP contribution is -2.25. The van der Waals surface area contributed by atoms with Crippen molar-refractivity contribution >= 4 is 5.97 Å². The number of oxazole rings is 1. The zero-order valence-electron chi connectivity index (χ0n) is 10.3. The number of likely N-dealkylation sites (N-methyl/N-ethyl adjacent to an activating group) is 1. The van der Waals surface area contributed by atoms with Crippen LogP contribution in [-0.4, -0.2) is 34.6 Å². The number of carboxylic acids is 1. The van der Waals surface area contributed by atoms with Crippen molar-refractivity contribution in [2.45, 2.75) is 6.54 Å². The second-order valence-corrected chi connectivity index (χ2v) is 4.19. The molecule has 0 aliphatic rings. The molecule has 0 atom stereocenters. The maximum atomic E-state index is 12.8. The van der Waals surface area contributed by atoms with Gasteiger partial charge in [0.1, 0.15) is 5.82 Å². The van der Waals surface area contributed by atoms with Crippen LogP contribution in [0.5, 0.6) is 0 Å². The summed E-state index contributed by atoms with van der Waals surface area (Å²) in [5, 5.41) is 8.64. The molecule has 0 bridgehead atoms. The van der Waals surface area contributed by atoms with Gasteiger partial charge in [0.15, 0.2) is 5.76 Å². The molecular weight excluding hydrogens is 251 g/mol. The van der Waals surface area contributed by atoms with Gasteiger partial charge in [-0.3, -0.25) is 9.69 Å². The highest BCUT2D eigenvalue weighted by molar-refractivity contribution is 5.69. The van der Waals surface area contributed by atoms with Gasteiger partial charge < -0.3 is 9.52 Å². The lowest BCUT2D eigenvalue weighted by molar-refractivity contribution is -0.138. The summed E-state index contributed by atoms with van der Waals surface area (Å²) in [6, 6.07) is 5.88. The number of aromatic nitrogens is 1. The van der Waals surface area contributed by atoms with Gasteiger partial charge in [-0.25, -0.2) is 9.37 Å². The summed E-state index contributed by atoms with van der Waals surface area (Å²) in [7, 11) is 1.66. The van der Waals surface area contributed by atoms with Gasteiger partial charge in [0.25, 0.3) is 0 Å². The number of carboxylic acid groups (broad SMARTS) is 1. The molecule has 1 N–H and O–H groups in total. The molecule has 2 aromatic rings. The van der Waals surface area contributed by atoms with Crippen molar-refractivity contribution in [2.24, 2.45) is 0 Å². The number of aliphatic carboxylic acids is 1. The zero-order valence-corrected chi connectivity index (χ0v) is 10.3. The molecule has 1 aromatic heterocycles.